The van der Waals surface area contributed by atoms with Gasteiger partial charge in [-0.3, -0.25) is 19.5 Å². The molecule has 2 amide bonds. The largest absolute Gasteiger partial charge is 0.325 e. The van der Waals surface area contributed by atoms with Crippen molar-refractivity contribution in [2.75, 3.05) is 18.4 Å². The number of amides is 2. The zero-order valence-corrected chi connectivity index (χ0v) is 19.1. The number of hydrogen-bond acceptors (Lipinski definition) is 4. The number of aromatic nitrogens is 2. The molecular formula is C26H24N4O2S. The number of carbonyl (C=O) groups excluding carboxylic acids is 2. The Morgan fingerprint density at radius 2 is 1.94 bits per heavy atom. The highest BCUT2D eigenvalue weighted by Crippen LogP contribution is 2.25. The average molecular weight is 457 g/mol. The van der Waals surface area contributed by atoms with Crippen molar-refractivity contribution in [2.45, 2.75) is 6.92 Å². The normalized spacial score (nSPS) is 10.6. The topological polar surface area (TPSA) is 67.2 Å². The van der Waals surface area contributed by atoms with Crippen molar-refractivity contribution in [1.82, 2.24) is 14.5 Å². The standard InChI is InChI=1S/C26H24N4O2S/c1-3-14-29(25(32)23-13-8-15-33-23)18-24(31)28-26-27-22(20-10-5-4-6-11-20)17-30(26)21-12-7-9-19(2)16-21/h3-13,15-17H,1,14,18H2,2H3,(H,27,28,31). The molecule has 0 saturated carbocycles. The summed E-state index contributed by atoms with van der Waals surface area (Å²) in [7, 11) is 0. The van der Waals surface area contributed by atoms with Crippen LogP contribution in [0.1, 0.15) is 15.2 Å². The first-order valence-corrected chi connectivity index (χ1v) is 11.4. The SMILES string of the molecule is C=CCN(CC(=O)Nc1nc(-c2ccccc2)cn1-c1cccc(C)c1)C(=O)c1cccs1. The van der Waals surface area contributed by atoms with E-state index in [2.05, 4.69) is 16.9 Å². The Morgan fingerprint density at radius 3 is 2.64 bits per heavy atom. The molecular weight excluding hydrogens is 432 g/mol. The number of rotatable bonds is 8. The molecule has 0 saturated heterocycles. The van der Waals surface area contributed by atoms with Gasteiger partial charge in [0, 0.05) is 24.0 Å². The molecule has 33 heavy (non-hydrogen) atoms. The van der Waals surface area contributed by atoms with Gasteiger partial charge in [-0.05, 0) is 36.1 Å². The van der Waals surface area contributed by atoms with Gasteiger partial charge in [-0.2, -0.15) is 0 Å². The summed E-state index contributed by atoms with van der Waals surface area (Å²) >= 11 is 1.34. The number of aryl methyl sites for hydroxylation is 1. The van der Waals surface area contributed by atoms with E-state index >= 15 is 0 Å². The highest BCUT2D eigenvalue weighted by atomic mass is 32.1. The van der Waals surface area contributed by atoms with E-state index in [1.165, 1.54) is 16.2 Å². The van der Waals surface area contributed by atoms with Crippen LogP contribution in [-0.2, 0) is 4.79 Å². The second-order valence-electron chi connectivity index (χ2n) is 7.52. The summed E-state index contributed by atoms with van der Waals surface area (Å²) in [6, 6.07) is 21.3. The minimum Gasteiger partial charge on any atom is -0.325 e. The van der Waals surface area contributed by atoms with Gasteiger partial charge in [-0.1, -0.05) is 54.6 Å². The van der Waals surface area contributed by atoms with Crippen molar-refractivity contribution in [3.05, 3.63) is 101 Å². The Hall–Kier alpha value is -3.97. The zero-order valence-electron chi connectivity index (χ0n) is 18.3. The third kappa shape index (κ3) is 5.27. The molecule has 1 N–H and O–H groups in total. The number of thiophene rings is 1. The second-order valence-corrected chi connectivity index (χ2v) is 8.47. The number of nitrogens with zero attached hydrogens (tertiary/aromatic N) is 3. The molecule has 2 heterocycles. The molecule has 7 heteroatoms. The molecule has 0 unspecified atom stereocenters. The van der Waals surface area contributed by atoms with E-state index in [1.807, 2.05) is 83.7 Å². The molecule has 166 valence electrons. The van der Waals surface area contributed by atoms with Crippen LogP contribution < -0.4 is 5.32 Å². The van der Waals surface area contributed by atoms with E-state index in [0.29, 0.717) is 10.8 Å². The summed E-state index contributed by atoms with van der Waals surface area (Å²) in [6.07, 6.45) is 3.51. The fourth-order valence-electron chi connectivity index (χ4n) is 3.46. The van der Waals surface area contributed by atoms with Crippen LogP contribution >= 0.6 is 11.3 Å². The Balaban J connectivity index is 1.61. The molecule has 4 aromatic rings. The van der Waals surface area contributed by atoms with Crippen molar-refractivity contribution in [3.8, 4) is 16.9 Å². The van der Waals surface area contributed by atoms with E-state index in [-0.39, 0.29) is 24.9 Å². The van der Waals surface area contributed by atoms with Gasteiger partial charge in [0.05, 0.1) is 10.6 Å². The fourth-order valence-corrected chi connectivity index (χ4v) is 4.15. The average Bonchev–Trinajstić information content (AvgIpc) is 3.49. The molecule has 2 aromatic heterocycles. The smallest absolute Gasteiger partial charge is 0.264 e. The van der Waals surface area contributed by atoms with Crippen molar-refractivity contribution in [2.24, 2.45) is 0 Å². The van der Waals surface area contributed by atoms with Crippen molar-refractivity contribution in [1.29, 1.82) is 0 Å². The maximum atomic E-state index is 13.0. The number of carbonyl (C=O) groups is 2. The molecule has 2 aromatic carbocycles. The monoisotopic (exact) mass is 456 g/mol. The van der Waals surface area contributed by atoms with Crippen LogP contribution in [0.4, 0.5) is 5.95 Å². The summed E-state index contributed by atoms with van der Waals surface area (Å²) in [5, 5.41) is 4.73. The van der Waals surface area contributed by atoms with Crippen LogP contribution in [0.3, 0.4) is 0 Å². The summed E-state index contributed by atoms with van der Waals surface area (Å²) in [5.41, 5.74) is 3.67. The number of hydrogen-bond donors (Lipinski definition) is 1. The third-order valence-corrected chi connectivity index (χ3v) is 5.87. The van der Waals surface area contributed by atoms with Gasteiger partial charge >= 0.3 is 0 Å². The molecule has 0 aliphatic rings. The first-order chi connectivity index (χ1) is 16.0. The summed E-state index contributed by atoms with van der Waals surface area (Å²) in [6.45, 7) is 5.89. The quantitative estimate of drug-likeness (QED) is 0.372. The zero-order chi connectivity index (χ0) is 23.2. The van der Waals surface area contributed by atoms with E-state index in [1.54, 1.807) is 12.1 Å². The van der Waals surface area contributed by atoms with Crippen LogP contribution in [0, 0.1) is 6.92 Å². The summed E-state index contributed by atoms with van der Waals surface area (Å²) in [4.78, 5) is 32.5. The van der Waals surface area contributed by atoms with Crippen LogP contribution in [0.25, 0.3) is 16.9 Å². The molecule has 6 nitrogen and oxygen atoms in total. The highest BCUT2D eigenvalue weighted by Gasteiger charge is 2.20. The Bertz CT molecular complexity index is 1260. The lowest BCUT2D eigenvalue weighted by Crippen LogP contribution is -2.38. The number of benzene rings is 2. The van der Waals surface area contributed by atoms with Crippen LogP contribution in [0.15, 0.2) is 91.0 Å². The molecule has 4 rings (SSSR count). The lowest BCUT2D eigenvalue weighted by atomic mass is 10.2. The van der Waals surface area contributed by atoms with Crippen LogP contribution in [-0.4, -0.2) is 39.4 Å². The van der Waals surface area contributed by atoms with Gasteiger partial charge < -0.3 is 4.90 Å². The van der Waals surface area contributed by atoms with E-state index in [0.717, 1.165) is 22.5 Å². The fraction of sp³-hybridized carbons (Fsp3) is 0.115. The number of anilines is 1. The Kier molecular flexibility index (Phi) is 6.80. The minimum atomic E-state index is -0.333. The highest BCUT2D eigenvalue weighted by molar-refractivity contribution is 7.12. The van der Waals surface area contributed by atoms with Gasteiger partial charge in [0.25, 0.3) is 5.91 Å². The predicted octanol–water partition coefficient (Wildman–Crippen LogP) is 5.18. The van der Waals surface area contributed by atoms with Gasteiger partial charge in [-0.25, -0.2) is 4.98 Å². The molecule has 0 bridgehead atoms. The maximum absolute atomic E-state index is 13.0. The lowest BCUT2D eigenvalue weighted by Gasteiger charge is -2.20. The van der Waals surface area contributed by atoms with Crippen molar-refractivity contribution in [3.63, 3.8) is 0 Å². The first kappa shape index (κ1) is 22.2. The van der Waals surface area contributed by atoms with Gasteiger partial charge in [0.1, 0.15) is 6.54 Å². The third-order valence-electron chi connectivity index (χ3n) is 5.01. The molecule has 0 radical (unpaired) electrons. The summed E-state index contributed by atoms with van der Waals surface area (Å²) in [5.74, 6) is -0.139. The van der Waals surface area contributed by atoms with Crippen LogP contribution in [0.2, 0.25) is 0 Å². The number of nitrogens with one attached hydrogen (secondary N) is 1. The molecule has 0 aliphatic heterocycles. The van der Waals surface area contributed by atoms with Crippen molar-refractivity contribution >= 4 is 29.1 Å². The van der Waals surface area contributed by atoms with E-state index < -0.39 is 0 Å². The van der Waals surface area contributed by atoms with Crippen LogP contribution in [0.5, 0.6) is 0 Å². The van der Waals surface area contributed by atoms with E-state index in [9.17, 15) is 9.59 Å². The predicted molar refractivity (Wildman–Crippen MR) is 133 cm³/mol. The van der Waals surface area contributed by atoms with Gasteiger partial charge in [-0.15, -0.1) is 17.9 Å². The first-order valence-electron chi connectivity index (χ1n) is 10.5. The molecule has 0 fully saturated rings. The minimum absolute atomic E-state index is 0.107. The molecule has 0 spiro atoms. The van der Waals surface area contributed by atoms with Crippen molar-refractivity contribution < 1.29 is 9.59 Å². The number of imidazole rings is 1. The second kappa shape index (κ2) is 10.1. The van der Waals surface area contributed by atoms with Gasteiger partial charge in [0.15, 0.2) is 0 Å². The van der Waals surface area contributed by atoms with E-state index in [4.69, 9.17) is 0 Å². The molecule has 0 atom stereocenters. The lowest BCUT2D eigenvalue weighted by molar-refractivity contribution is -0.116. The molecule has 0 aliphatic carbocycles. The summed E-state index contributed by atoms with van der Waals surface area (Å²) < 4.78 is 1.85. The Morgan fingerprint density at radius 1 is 1.12 bits per heavy atom. The maximum Gasteiger partial charge on any atom is 0.264 e. The van der Waals surface area contributed by atoms with Gasteiger partial charge in [0.2, 0.25) is 11.9 Å². The Labute approximate surface area is 196 Å².